The van der Waals surface area contributed by atoms with Crippen LogP contribution in [0.3, 0.4) is 0 Å². The van der Waals surface area contributed by atoms with E-state index in [-0.39, 0.29) is 33.9 Å². The van der Waals surface area contributed by atoms with Crippen molar-refractivity contribution in [2.75, 3.05) is 0 Å². The Balaban J connectivity index is 0.00000144. The number of aliphatic hydroxyl groups is 1. The Morgan fingerprint density at radius 2 is 1.82 bits per heavy atom. The molecule has 96 valence electrons. The fourth-order valence-electron chi connectivity index (χ4n) is 1.75. The topological polar surface area (TPSA) is 46.2 Å². The number of hydrogen-bond donors (Lipinski definition) is 2. The van der Waals surface area contributed by atoms with Gasteiger partial charge in [0, 0.05) is 10.6 Å². The molecule has 0 aliphatic heterocycles. The van der Waals surface area contributed by atoms with Crippen molar-refractivity contribution in [2.24, 2.45) is 11.7 Å². The second kappa shape index (κ2) is 5.72. The van der Waals surface area contributed by atoms with E-state index in [9.17, 15) is 9.50 Å². The lowest BCUT2D eigenvalue weighted by atomic mass is 9.98. The van der Waals surface area contributed by atoms with E-state index >= 15 is 0 Å². The predicted octanol–water partition coefficient (Wildman–Crippen LogP) is 3.33. The summed E-state index contributed by atoms with van der Waals surface area (Å²) < 4.78 is 13.7. The van der Waals surface area contributed by atoms with E-state index < -0.39 is 18.0 Å². The molecule has 0 unspecified atom stereocenters. The average Bonchev–Trinajstić information content (AvgIpc) is 3.06. The van der Waals surface area contributed by atoms with Crippen LogP contribution in [0.25, 0.3) is 0 Å². The molecule has 0 heterocycles. The van der Waals surface area contributed by atoms with Crippen molar-refractivity contribution >= 4 is 35.6 Å². The van der Waals surface area contributed by atoms with Gasteiger partial charge in [-0.25, -0.2) is 4.39 Å². The molecule has 0 radical (unpaired) electrons. The minimum Gasteiger partial charge on any atom is -0.391 e. The summed E-state index contributed by atoms with van der Waals surface area (Å²) in [7, 11) is 0. The average molecular weight is 301 g/mol. The molecule has 0 aromatic heterocycles. The van der Waals surface area contributed by atoms with Gasteiger partial charge in [-0.05, 0) is 30.9 Å². The molecule has 1 aliphatic carbocycles. The van der Waals surface area contributed by atoms with E-state index in [0.29, 0.717) is 0 Å². The summed E-state index contributed by atoms with van der Waals surface area (Å²) >= 11 is 11.5. The minimum atomic E-state index is -0.821. The molecule has 6 heteroatoms. The molecular weight excluding hydrogens is 287 g/mol. The van der Waals surface area contributed by atoms with E-state index in [1.807, 2.05) is 0 Å². The van der Waals surface area contributed by atoms with Gasteiger partial charge in [-0.2, -0.15) is 0 Å². The van der Waals surface area contributed by atoms with Crippen molar-refractivity contribution in [3.63, 3.8) is 0 Å². The first-order chi connectivity index (χ1) is 7.52. The maximum atomic E-state index is 13.7. The van der Waals surface area contributed by atoms with Crippen LogP contribution in [0, 0.1) is 11.7 Å². The van der Waals surface area contributed by atoms with Crippen LogP contribution in [0.5, 0.6) is 0 Å². The molecule has 1 aromatic carbocycles. The third-order valence-corrected chi connectivity index (χ3v) is 3.51. The molecule has 2 nitrogen and oxygen atoms in total. The zero-order valence-corrected chi connectivity index (χ0v) is 11.2. The molecule has 3 N–H and O–H groups in total. The molecule has 17 heavy (non-hydrogen) atoms. The SMILES string of the molecule is Cl.N[C@H](c1c(Cl)ccc(Cl)c1F)[C@@H](O)C1CC1. The molecule has 0 saturated heterocycles. The summed E-state index contributed by atoms with van der Waals surface area (Å²) in [5.74, 6) is -0.481. The summed E-state index contributed by atoms with van der Waals surface area (Å²) in [6, 6.07) is 2.04. The first-order valence-corrected chi connectivity index (χ1v) is 5.85. The van der Waals surface area contributed by atoms with Gasteiger partial charge in [0.15, 0.2) is 0 Å². The summed E-state index contributed by atoms with van der Waals surface area (Å²) in [6.45, 7) is 0. The van der Waals surface area contributed by atoms with Gasteiger partial charge in [-0.3, -0.25) is 0 Å². The van der Waals surface area contributed by atoms with Crippen LogP contribution < -0.4 is 5.73 Å². The van der Waals surface area contributed by atoms with Gasteiger partial charge >= 0.3 is 0 Å². The third kappa shape index (κ3) is 3.04. The quantitative estimate of drug-likeness (QED) is 0.841. The first-order valence-electron chi connectivity index (χ1n) is 5.09. The maximum absolute atomic E-state index is 13.7. The molecule has 0 spiro atoms. The van der Waals surface area contributed by atoms with Crippen LogP contribution in [0.15, 0.2) is 12.1 Å². The molecule has 1 aromatic rings. The number of rotatable bonds is 3. The summed E-state index contributed by atoms with van der Waals surface area (Å²) in [5.41, 5.74) is 5.92. The minimum absolute atomic E-state index is 0. The van der Waals surface area contributed by atoms with Gasteiger partial charge in [0.05, 0.1) is 17.2 Å². The Morgan fingerprint density at radius 3 is 2.35 bits per heavy atom. The van der Waals surface area contributed by atoms with Gasteiger partial charge in [0.1, 0.15) is 5.82 Å². The van der Waals surface area contributed by atoms with E-state index in [1.165, 1.54) is 12.1 Å². The lowest BCUT2D eigenvalue weighted by Gasteiger charge is -2.20. The molecule has 1 saturated carbocycles. The third-order valence-electron chi connectivity index (χ3n) is 2.89. The van der Waals surface area contributed by atoms with E-state index in [1.54, 1.807) is 0 Å². The molecule has 2 rings (SSSR count). The Kier molecular flexibility index (Phi) is 5.05. The van der Waals surface area contributed by atoms with Crippen LogP contribution in [0.2, 0.25) is 10.0 Å². The van der Waals surface area contributed by atoms with Gasteiger partial charge in [-0.1, -0.05) is 23.2 Å². The Bertz CT molecular complexity index is 412. The molecule has 1 fully saturated rings. The van der Waals surface area contributed by atoms with Crippen molar-refractivity contribution in [3.8, 4) is 0 Å². The molecule has 1 aliphatic rings. The number of hydrogen-bond acceptors (Lipinski definition) is 2. The highest BCUT2D eigenvalue weighted by Crippen LogP contribution is 2.40. The lowest BCUT2D eigenvalue weighted by molar-refractivity contribution is 0.121. The van der Waals surface area contributed by atoms with Crippen molar-refractivity contribution in [1.29, 1.82) is 0 Å². The van der Waals surface area contributed by atoms with Gasteiger partial charge in [0.2, 0.25) is 0 Å². The lowest BCUT2D eigenvalue weighted by Crippen LogP contribution is -2.29. The van der Waals surface area contributed by atoms with Crippen LogP contribution >= 0.6 is 35.6 Å². The summed E-state index contributed by atoms with van der Waals surface area (Å²) in [6.07, 6.45) is 1.09. The fourth-order valence-corrected chi connectivity index (χ4v) is 2.19. The second-order valence-electron chi connectivity index (χ2n) is 4.11. The first kappa shape index (κ1) is 15.0. The van der Waals surface area contributed by atoms with E-state index in [0.717, 1.165) is 12.8 Å². The summed E-state index contributed by atoms with van der Waals surface area (Å²) in [4.78, 5) is 0. The van der Waals surface area contributed by atoms with E-state index in [2.05, 4.69) is 0 Å². The largest absolute Gasteiger partial charge is 0.391 e. The normalized spacial score (nSPS) is 18.4. The van der Waals surface area contributed by atoms with Gasteiger partial charge in [-0.15, -0.1) is 12.4 Å². The van der Waals surface area contributed by atoms with Gasteiger partial charge < -0.3 is 10.8 Å². The fraction of sp³-hybridized carbons (Fsp3) is 0.455. The number of aliphatic hydroxyl groups excluding tert-OH is 1. The molecular formula is C11H13Cl3FNO. The highest BCUT2D eigenvalue weighted by atomic mass is 35.5. The zero-order valence-electron chi connectivity index (χ0n) is 8.87. The standard InChI is InChI=1S/C11H12Cl2FNO.ClH/c12-6-3-4-7(13)9(14)8(6)10(15)11(16)5-1-2-5;/h3-5,10-11,16H,1-2,15H2;1H/t10-,11+;/m1./s1. The predicted molar refractivity (Wildman–Crippen MR) is 69.3 cm³/mol. The van der Waals surface area contributed by atoms with Crippen LogP contribution in [-0.4, -0.2) is 11.2 Å². The number of halogens is 4. The van der Waals surface area contributed by atoms with Crippen LogP contribution in [-0.2, 0) is 0 Å². The summed E-state index contributed by atoms with van der Waals surface area (Å²) in [5, 5.41) is 10.0. The van der Waals surface area contributed by atoms with Crippen LogP contribution in [0.4, 0.5) is 4.39 Å². The van der Waals surface area contributed by atoms with Crippen molar-refractivity contribution < 1.29 is 9.50 Å². The molecule has 2 atom stereocenters. The monoisotopic (exact) mass is 299 g/mol. The smallest absolute Gasteiger partial charge is 0.148 e. The highest BCUT2D eigenvalue weighted by molar-refractivity contribution is 6.33. The van der Waals surface area contributed by atoms with Crippen LogP contribution in [0.1, 0.15) is 24.4 Å². The van der Waals surface area contributed by atoms with E-state index in [4.69, 9.17) is 28.9 Å². The maximum Gasteiger partial charge on any atom is 0.148 e. The zero-order chi connectivity index (χ0) is 11.9. The highest BCUT2D eigenvalue weighted by Gasteiger charge is 2.36. The second-order valence-corrected chi connectivity index (χ2v) is 4.93. The number of benzene rings is 1. The Morgan fingerprint density at radius 1 is 1.29 bits per heavy atom. The van der Waals surface area contributed by atoms with Crippen molar-refractivity contribution in [1.82, 2.24) is 0 Å². The van der Waals surface area contributed by atoms with Crippen molar-refractivity contribution in [2.45, 2.75) is 25.0 Å². The Hall–Kier alpha value is -0.0600. The molecule has 0 bridgehead atoms. The van der Waals surface area contributed by atoms with Gasteiger partial charge in [0.25, 0.3) is 0 Å². The van der Waals surface area contributed by atoms with Crippen molar-refractivity contribution in [3.05, 3.63) is 33.6 Å². The molecule has 0 amide bonds. The number of nitrogens with two attached hydrogens (primary N) is 1. The Labute approximate surface area is 115 Å².